The Labute approximate surface area is 102 Å². The lowest BCUT2D eigenvalue weighted by Gasteiger charge is -2.12. The molecule has 2 heterocycles. The Bertz CT molecular complexity index is 731. The standard InChI is InChI=1S/C12H11N5O/c1-8(9-5-3-2-4-6-9)17-12(18)11-10(14-16-17)7-13-15-11/h2-8H,1H3,(H,13,15). The van der Waals surface area contributed by atoms with E-state index in [1.807, 2.05) is 37.3 Å². The van der Waals surface area contributed by atoms with E-state index in [1.54, 1.807) is 0 Å². The van der Waals surface area contributed by atoms with Crippen molar-refractivity contribution in [3.63, 3.8) is 0 Å². The predicted molar refractivity (Wildman–Crippen MR) is 66.2 cm³/mol. The summed E-state index contributed by atoms with van der Waals surface area (Å²) in [5, 5.41) is 14.4. The Morgan fingerprint density at radius 3 is 2.83 bits per heavy atom. The Hall–Kier alpha value is -2.50. The number of hydrogen-bond acceptors (Lipinski definition) is 4. The smallest absolute Gasteiger partial charge is 0.271 e. The lowest BCUT2D eigenvalue weighted by atomic mass is 10.1. The van der Waals surface area contributed by atoms with Crippen LogP contribution in [0.3, 0.4) is 0 Å². The van der Waals surface area contributed by atoms with Gasteiger partial charge in [-0.2, -0.15) is 5.10 Å². The fourth-order valence-electron chi connectivity index (χ4n) is 1.89. The van der Waals surface area contributed by atoms with Crippen LogP contribution >= 0.6 is 0 Å². The zero-order valence-corrected chi connectivity index (χ0v) is 9.74. The van der Waals surface area contributed by atoms with E-state index in [1.165, 1.54) is 10.9 Å². The number of nitrogens with zero attached hydrogens (tertiary/aromatic N) is 4. The molecule has 3 aromatic rings. The highest BCUT2D eigenvalue weighted by atomic mass is 16.1. The van der Waals surface area contributed by atoms with Crippen LogP contribution in [0.15, 0.2) is 41.3 Å². The largest absolute Gasteiger partial charge is 0.296 e. The first-order valence-electron chi connectivity index (χ1n) is 5.61. The van der Waals surface area contributed by atoms with Crippen molar-refractivity contribution in [3.05, 3.63) is 52.4 Å². The van der Waals surface area contributed by atoms with Crippen molar-refractivity contribution in [2.45, 2.75) is 13.0 Å². The number of rotatable bonds is 2. The van der Waals surface area contributed by atoms with Crippen LogP contribution < -0.4 is 5.56 Å². The van der Waals surface area contributed by atoms with Gasteiger partial charge in [0, 0.05) is 0 Å². The second kappa shape index (κ2) is 4.06. The van der Waals surface area contributed by atoms with E-state index in [4.69, 9.17) is 0 Å². The highest BCUT2D eigenvalue weighted by Gasteiger charge is 2.14. The quantitative estimate of drug-likeness (QED) is 0.729. The van der Waals surface area contributed by atoms with Gasteiger partial charge in [0.15, 0.2) is 5.52 Å². The third-order valence-corrected chi connectivity index (χ3v) is 2.94. The first-order chi connectivity index (χ1) is 8.77. The molecule has 1 N–H and O–H groups in total. The summed E-state index contributed by atoms with van der Waals surface area (Å²) in [6.07, 6.45) is 1.49. The van der Waals surface area contributed by atoms with Crippen molar-refractivity contribution in [1.29, 1.82) is 0 Å². The van der Waals surface area contributed by atoms with Gasteiger partial charge in [-0.1, -0.05) is 35.5 Å². The van der Waals surface area contributed by atoms with E-state index in [9.17, 15) is 4.79 Å². The average Bonchev–Trinajstić information content (AvgIpc) is 2.89. The second-order valence-corrected chi connectivity index (χ2v) is 4.06. The van der Waals surface area contributed by atoms with Gasteiger partial charge in [0.2, 0.25) is 0 Å². The minimum absolute atomic E-state index is 0.168. The average molecular weight is 241 g/mol. The zero-order chi connectivity index (χ0) is 12.5. The number of H-pyrrole nitrogens is 1. The van der Waals surface area contributed by atoms with Gasteiger partial charge < -0.3 is 0 Å². The molecule has 0 fully saturated rings. The summed E-state index contributed by atoms with van der Waals surface area (Å²) in [5.74, 6) is 0. The zero-order valence-electron chi connectivity index (χ0n) is 9.74. The number of fused-ring (bicyclic) bond motifs is 1. The van der Waals surface area contributed by atoms with Crippen LogP contribution in [0.1, 0.15) is 18.5 Å². The molecule has 0 saturated carbocycles. The van der Waals surface area contributed by atoms with Crippen molar-refractivity contribution in [2.75, 3.05) is 0 Å². The van der Waals surface area contributed by atoms with E-state index in [-0.39, 0.29) is 11.6 Å². The molecule has 2 aromatic heterocycles. The van der Waals surface area contributed by atoms with Gasteiger partial charge in [0.1, 0.15) is 5.52 Å². The molecule has 0 aliphatic rings. The van der Waals surface area contributed by atoms with E-state index in [0.717, 1.165) is 5.56 Å². The first-order valence-corrected chi connectivity index (χ1v) is 5.61. The molecule has 1 atom stereocenters. The number of benzene rings is 1. The molecule has 6 heteroatoms. The van der Waals surface area contributed by atoms with Crippen molar-refractivity contribution in [2.24, 2.45) is 0 Å². The molecule has 0 spiro atoms. The van der Waals surface area contributed by atoms with Crippen LogP contribution in [0.25, 0.3) is 11.0 Å². The molecule has 90 valence electrons. The Morgan fingerprint density at radius 1 is 1.28 bits per heavy atom. The molecule has 0 radical (unpaired) electrons. The maximum Gasteiger partial charge on any atom is 0.296 e. The molecule has 0 aliphatic heterocycles. The molecule has 18 heavy (non-hydrogen) atoms. The summed E-state index contributed by atoms with van der Waals surface area (Å²) in [6.45, 7) is 1.91. The lowest BCUT2D eigenvalue weighted by molar-refractivity contribution is 0.507. The molecule has 1 aromatic carbocycles. The van der Waals surface area contributed by atoms with Gasteiger partial charge >= 0.3 is 0 Å². The topological polar surface area (TPSA) is 76.5 Å². The molecular weight excluding hydrogens is 230 g/mol. The minimum Gasteiger partial charge on any atom is -0.271 e. The summed E-state index contributed by atoms with van der Waals surface area (Å²) in [5.41, 5.74) is 1.66. The van der Waals surface area contributed by atoms with E-state index in [2.05, 4.69) is 20.5 Å². The van der Waals surface area contributed by atoms with Crippen LogP contribution in [-0.2, 0) is 0 Å². The summed E-state index contributed by atoms with van der Waals surface area (Å²) >= 11 is 0. The lowest BCUT2D eigenvalue weighted by Crippen LogP contribution is -2.27. The maximum atomic E-state index is 12.2. The normalized spacial score (nSPS) is 12.7. The third-order valence-electron chi connectivity index (χ3n) is 2.94. The molecule has 1 unspecified atom stereocenters. The van der Waals surface area contributed by atoms with Crippen molar-refractivity contribution in [1.82, 2.24) is 25.2 Å². The fourth-order valence-corrected chi connectivity index (χ4v) is 1.89. The summed E-state index contributed by atoms with van der Waals surface area (Å²) in [6, 6.07) is 9.53. The predicted octanol–water partition coefficient (Wildman–Crippen LogP) is 1.12. The van der Waals surface area contributed by atoms with Gasteiger partial charge in [0.05, 0.1) is 12.2 Å². The summed E-state index contributed by atoms with van der Waals surface area (Å²) < 4.78 is 1.36. The SMILES string of the molecule is CC(c1ccccc1)n1nnc2cn[nH]c2c1=O. The van der Waals surface area contributed by atoms with Gasteiger partial charge in [-0.15, -0.1) is 5.10 Å². The minimum atomic E-state index is -0.214. The van der Waals surface area contributed by atoms with E-state index >= 15 is 0 Å². The fraction of sp³-hybridized carbons (Fsp3) is 0.167. The second-order valence-electron chi connectivity index (χ2n) is 4.06. The highest BCUT2D eigenvalue weighted by Crippen LogP contribution is 2.14. The molecule has 3 rings (SSSR count). The van der Waals surface area contributed by atoms with E-state index < -0.39 is 0 Å². The van der Waals surface area contributed by atoms with Crippen LogP contribution in [0.5, 0.6) is 0 Å². The van der Waals surface area contributed by atoms with Crippen molar-refractivity contribution >= 4 is 11.0 Å². The third kappa shape index (κ3) is 1.58. The Kier molecular flexibility index (Phi) is 2.40. The van der Waals surface area contributed by atoms with Gasteiger partial charge in [0.25, 0.3) is 5.56 Å². The van der Waals surface area contributed by atoms with Gasteiger partial charge in [-0.3, -0.25) is 9.89 Å². The first kappa shape index (κ1) is 10.6. The molecule has 0 bridgehead atoms. The summed E-state index contributed by atoms with van der Waals surface area (Å²) in [4.78, 5) is 12.2. The van der Waals surface area contributed by atoms with Crippen LogP contribution in [0, 0.1) is 0 Å². The maximum absolute atomic E-state index is 12.2. The molecule has 0 saturated heterocycles. The molecular formula is C12H11N5O. The molecule has 0 aliphatic carbocycles. The highest BCUT2D eigenvalue weighted by molar-refractivity contribution is 5.70. The number of nitrogens with one attached hydrogen (secondary N) is 1. The summed E-state index contributed by atoms with van der Waals surface area (Å²) in [7, 11) is 0. The Balaban J connectivity index is 2.15. The number of aromatic nitrogens is 5. The van der Waals surface area contributed by atoms with Crippen molar-refractivity contribution < 1.29 is 0 Å². The Morgan fingerprint density at radius 2 is 2.06 bits per heavy atom. The number of hydrogen-bond donors (Lipinski definition) is 1. The van der Waals surface area contributed by atoms with Gasteiger partial charge in [-0.05, 0) is 12.5 Å². The number of aromatic amines is 1. The molecule has 6 nitrogen and oxygen atoms in total. The van der Waals surface area contributed by atoms with Crippen LogP contribution in [-0.4, -0.2) is 25.2 Å². The monoisotopic (exact) mass is 241 g/mol. The molecule has 0 amide bonds. The van der Waals surface area contributed by atoms with Crippen LogP contribution in [0.2, 0.25) is 0 Å². The van der Waals surface area contributed by atoms with Crippen LogP contribution in [0.4, 0.5) is 0 Å². The van der Waals surface area contributed by atoms with E-state index in [0.29, 0.717) is 11.0 Å². The van der Waals surface area contributed by atoms with Crippen molar-refractivity contribution in [3.8, 4) is 0 Å². The van der Waals surface area contributed by atoms with Gasteiger partial charge in [-0.25, -0.2) is 4.68 Å².